The highest BCUT2D eigenvalue weighted by atomic mass is 16.5. The third-order valence-electron chi connectivity index (χ3n) is 1.74. The molecular formula is C8H16N2O3. The van der Waals surface area contributed by atoms with Crippen LogP contribution in [0.15, 0.2) is 0 Å². The molecule has 0 fully saturated rings. The minimum absolute atomic E-state index is 0.222. The number of hydrogen-bond acceptors (Lipinski definition) is 4. The predicted octanol–water partition coefficient (Wildman–Crippen LogP) is -0.728. The Balaban J connectivity index is 3.98. The highest BCUT2D eigenvalue weighted by Gasteiger charge is 2.18. The van der Waals surface area contributed by atoms with E-state index < -0.39 is 12.0 Å². The van der Waals surface area contributed by atoms with E-state index in [2.05, 4.69) is 15.4 Å². The van der Waals surface area contributed by atoms with Gasteiger partial charge >= 0.3 is 5.97 Å². The van der Waals surface area contributed by atoms with E-state index in [-0.39, 0.29) is 11.9 Å². The van der Waals surface area contributed by atoms with E-state index in [1.807, 2.05) is 0 Å². The van der Waals surface area contributed by atoms with Crippen molar-refractivity contribution < 1.29 is 14.3 Å². The number of esters is 1. The van der Waals surface area contributed by atoms with Crippen molar-refractivity contribution in [3.8, 4) is 0 Å². The third-order valence-corrected chi connectivity index (χ3v) is 1.74. The zero-order valence-electron chi connectivity index (χ0n) is 8.38. The molecule has 0 rings (SSSR count). The molecule has 1 amide bonds. The van der Waals surface area contributed by atoms with E-state index in [4.69, 9.17) is 0 Å². The van der Waals surface area contributed by atoms with Crippen molar-refractivity contribution in [2.24, 2.45) is 0 Å². The van der Waals surface area contributed by atoms with Gasteiger partial charge in [-0.3, -0.25) is 4.79 Å². The molecule has 5 nitrogen and oxygen atoms in total. The smallest absolute Gasteiger partial charge is 0.328 e. The second kappa shape index (κ2) is 5.53. The zero-order valence-corrected chi connectivity index (χ0v) is 8.38. The van der Waals surface area contributed by atoms with Gasteiger partial charge in [-0.1, -0.05) is 0 Å². The molecule has 76 valence electrons. The summed E-state index contributed by atoms with van der Waals surface area (Å²) in [6.45, 7) is 3.28. The van der Waals surface area contributed by atoms with Crippen molar-refractivity contribution in [1.29, 1.82) is 0 Å². The van der Waals surface area contributed by atoms with Crippen LogP contribution in [-0.2, 0) is 14.3 Å². The van der Waals surface area contributed by atoms with Crippen molar-refractivity contribution in [1.82, 2.24) is 10.6 Å². The lowest BCUT2D eigenvalue weighted by Crippen LogP contribution is -2.47. The van der Waals surface area contributed by atoms with Crippen LogP contribution in [0.3, 0.4) is 0 Å². The number of nitrogens with one attached hydrogen (secondary N) is 2. The molecule has 0 radical (unpaired) electrons. The number of rotatable bonds is 4. The number of methoxy groups -OCH3 is 1. The molecule has 0 heterocycles. The first-order valence-electron chi connectivity index (χ1n) is 4.08. The number of carbonyl (C=O) groups is 2. The number of amides is 1. The molecule has 13 heavy (non-hydrogen) atoms. The molecule has 2 N–H and O–H groups in total. The first-order valence-corrected chi connectivity index (χ1v) is 4.08. The Hall–Kier alpha value is -1.10. The first kappa shape index (κ1) is 11.9. The lowest BCUT2D eigenvalue weighted by molar-refractivity contribution is -0.144. The van der Waals surface area contributed by atoms with Gasteiger partial charge < -0.3 is 15.4 Å². The van der Waals surface area contributed by atoms with Crippen LogP contribution in [0.2, 0.25) is 0 Å². The highest BCUT2D eigenvalue weighted by Crippen LogP contribution is 1.88. The zero-order chi connectivity index (χ0) is 10.4. The molecule has 0 aromatic rings. The monoisotopic (exact) mass is 188 g/mol. The molecule has 0 aliphatic carbocycles. The van der Waals surface area contributed by atoms with E-state index >= 15 is 0 Å². The second-order valence-corrected chi connectivity index (χ2v) is 2.76. The van der Waals surface area contributed by atoms with Gasteiger partial charge in [-0.25, -0.2) is 4.79 Å². The molecule has 0 aromatic heterocycles. The van der Waals surface area contributed by atoms with Crippen molar-refractivity contribution in [3.63, 3.8) is 0 Å². The van der Waals surface area contributed by atoms with Gasteiger partial charge in [-0.05, 0) is 20.9 Å². The lowest BCUT2D eigenvalue weighted by atomic mass is 10.2. The molecule has 2 atom stereocenters. The molecule has 0 bridgehead atoms. The Bertz CT molecular complexity index is 194. The van der Waals surface area contributed by atoms with Gasteiger partial charge in [0.15, 0.2) is 0 Å². The van der Waals surface area contributed by atoms with Gasteiger partial charge in [0.05, 0.1) is 13.2 Å². The normalized spacial score (nSPS) is 14.5. The minimum atomic E-state index is -0.603. The Labute approximate surface area is 77.8 Å². The summed E-state index contributed by atoms with van der Waals surface area (Å²) >= 11 is 0. The maximum absolute atomic E-state index is 11.2. The van der Waals surface area contributed by atoms with E-state index in [9.17, 15) is 9.59 Å². The fourth-order valence-corrected chi connectivity index (χ4v) is 0.705. The summed E-state index contributed by atoms with van der Waals surface area (Å²) in [5.41, 5.74) is 0. The van der Waals surface area contributed by atoms with Crippen LogP contribution >= 0.6 is 0 Å². The predicted molar refractivity (Wildman–Crippen MR) is 48.1 cm³/mol. The molecule has 0 aromatic carbocycles. The molecule has 0 aliphatic rings. The molecular weight excluding hydrogens is 172 g/mol. The molecule has 0 aliphatic heterocycles. The minimum Gasteiger partial charge on any atom is -0.467 e. The van der Waals surface area contributed by atoms with E-state index in [1.165, 1.54) is 7.11 Å². The van der Waals surface area contributed by atoms with Gasteiger partial charge in [0.2, 0.25) is 5.91 Å². The van der Waals surface area contributed by atoms with Crippen LogP contribution < -0.4 is 10.6 Å². The third kappa shape index (κ3) is 3.89. The van der Waals surface area contributed by atoms with E-state index in [0.717, 1.165) is 0 Å². The fourth-order valence-electron chi connectivity index (χ4n) is 0.705. The van der Waals surface area contributed by atoms with Crippen molar-refractivity contribution in [2.45, 2.75) is 25.9 Å². The summed E-state index contributed by atoms with van der Waals surface area (Å²) in [4.78, 5) is 22.1. The van der Waals surface area contributed by atoms with E-state index in [1.54, 1.807) is 20.9 Å². The summed E-state index contributed by atoms with van der Waals surface area (Å²) in [5, 5.41) is 5.27. The number of hydrogen-bond donors (Lipinski definition) is 2. The Morgan fingerprint density at radius 3 is 2.15 bits per heavy atom. The maximum Gasteiger partial charge on any atom is 0.328 e. The maximum atomic E-state index is 11.2. The number of carbonyl (C=O) groups excluding carboxylic acids is 2. The molecule has 5 heteroatoms. The summed E-state index contributed by atoms with van der Waals surface area (Å²) in [6.07, 6.45) is 0. The Morgan fingerprint density at radius 2 is 1.77 bits per heavy atom. The Kier molecular flexibility index (Phi) is 5.06. The second-order valence-electron chi connectivity index (χ2n) is 2.76. The highest BCUT2D eigenvalue weighted by molar-refractivity contribution is 5.86. The average molecular weight is 188 g/mol. The topological polar surface area (TPSA) is 67.4 Å². The van der Waals surface area contributed by atoms with Crippen molar-refractivity contribution in [2.75, 3.05) is 14.2 Å². The molecule has 0 unspecified atom stereocenters. The SMILES string of the molecule is CN[C@@H](C)C(=O)N[C@@H](C)C(=O)OC. The lowest BCUT2D eigenvalue weighted by Gasteiger charge is -2.14. The van der Waals surface area contributed by atoms with E-state index in [0.29, 0.717) is 0 Å². The van der Waals surface area contributed by atoms with Crippen molar-refractivity contribution in [3.05, 3.63) is 0 Å². The van der Waals surface area contributed by atoms with Crippen LogP contribution in [-0.4, -0.2) is 38.1 Å². The van der Waals surface area contributed by atoms with Crippen molar-refractivity contribution >= 4 is 11.9 Å². The van der Waals surface area contributed by atoms with Crippen LogP contribution in [0.25, 0.3) is 0 Å². The first-order chi connectivity index (χ1) is 6.02. The number of ether oxygens (including phenoxy) is 1. The van der Waals surface area contributed by atoms with Crippen LogP contribution in [0.5, 0.6) is 0 Å². The van der Waals surface area contributed by atoms with Crippen LogP contribution in [0, 0.1) is 0 Å². The summed E-state index contributed by atoms with van der Waals surface area (Å²) < 4.78 is 4.45. The number of likely N-dealkylation sites (N-methyl/N-ethyl adjacent to an activating group) is 1. The molecule has 0 spiro atoms. The summed E-state index contributed by atoms with van der Waals surface area (Å²) in [5.74, 6) is -0.669. The summed E-state index contributed by atoms with van der Waals surface area (Å²) in [7, 11) is 2.96. The van der Waals surface area contributed by atoms with Gasteiger partial charge in [0, 0.05) is 0 Å². The van der Waals surface area contributed by atoms with Gasteiger partial charge in [0.25, 0.3) is 0 Å². The molecule has 0 saturated carbocycles. The van der Waals surface area contributed by atoms with Gasteiger partial charge in [0.1, 0.15) is 6.04 Å². The van der Waals surface area contributed by atoms with Crippen LogP contribution in [0.1, 0.15) is 13.8 Å². The quantitative estimate of drug-likeness (QED) is 0.571. The standard InChI is InChI=1S/C8H16N2O3/c1-5(9-3)7(11)10-6(2)8(12)13-4/h5-6,9H,1-4H3,(H,10,11)/t5-,6-/m0/s1. The van der Waals surface area contributed by atoms with Gasteiger partial charge in [-0.15, -0.1) is 0 Å². The largest absolute Gasteiger partial charge is 0.467 e. The average Bonchev–Trinajstić information content (AvgIpc) is 2.14. The van der Waals surface area contributed by atoms with Crippen LogP contribution in [0.4, 0.5) is 0 Å². The fraction of sp³-hybridized carbons (Fsp3) is 0.750. The molecule has 0 saturated heterocycles. The Morgan fingerprint density at radius 1 is 1.23 bits per heavy atom. The van der Waals surface area contributed by atoms with Gasteiger partial charge in [-0.2, -0.15) is 0 Å². The summed E-state index contributed by atoms with van der Waals surface area (Å²) in [6, 6.07) is -0.916.